The fourth-order valence-electron chi connectivity index (χ4n) is 3.86. The lowest BCUT2D eigenvalue weighted by Crippen LogP contribution is -2.47. The smallest absolute Gasteiger partial charge is 0.345 e. The molecule has 1 fully saturated rings. The monoisotopic (exact) mass is 355 g/mol. The summed E-state index contributed by atoms with van der Waals surface area (Å²) in [6, 6.07) is 7.94. The first kappa shape index (κ1) is 16.3. The van der Waals surface area contributed by atoms with Crippen molar-refractivity contribution in [2.24, 2.45) is 0 Å². The molecule has 1 amide bonds. The molecule has 0 saturated carbocycles. The number of likely N-dealkylation sites (tertiary alicyclic amines) is 1. The van der Waals surface area contributed by atoms with Crippen LogP contribution < -0.4 is 5.63 Å². The molecule has 0 radical (unpaired) electrons. The number of carbonyl (C=O) groups excluding carboxylic acids is 1. The Kier molecular flexibility index (Phi) is 3.91. The molecule has 1 aliphatic heterocycles. The predicted octanol–water partition coefficient (Wildman–Crippen LogP) is 4.72. The van der Waals surface area contributed by atoms with Crippen LogP contribution >= 0.6 is 11.3 Å². The second-order valence-corrected chi connectivity index (χ2v) is 8.14. The molecule has 2 atom stereocenters. The molecule has 0 aliphatic carbocycles. The van der Waals surface area contributed by atoms with Gasteiger partial charge in [-0.25, -0.2) is 4.79 Å². The third-order valence-corrected chi connectivity index (χ3v) is 6.33. The fraction of sp³-hybridized carbons (Fsp3) is 0.400. The standard InChI is InChI=1S/C20H21NO3S/c1-11-7-8-16-14(9-11)18-15(20(23)24-16)10-17(25-18)19(22)21-12(2)5-4-6-13(21)3/h7-10,12-13H,4-6H2,1-3H3/t12-,13-/m0/s1. The lowest BCUT2D eigenvalue weighted by atomic mass is 9.97. The van der Waals surface area contributed by atoms with Crippen molar-refractivity contribution < 1.29 is 9.21 Å². The SMILES string of the molecule is Cc1ccc2oc(=O)c3cc(C(=O)N4[C@@H](C)CCC[C@@H]4C)sc3c2c1. The van der Waals surface area contributed by atoms with Gasteiger partial charge in [0.2, 0.25) is 0 Å². The van der Waals surface area contributed by atoms with Crippen molar-refractivity contribution in [3.8, 4) is 0 Å². The average Bonchev–Trinajstić information content (AvgIpc) is 3.02. The highest BCUT2D eigenvalue weighted by molar-refractivity contribution is 7.21. The van der Waals surface area contributed by atoms with Crippen LogP contribution in [0.1, 0.15) is 48.3 Å². The lowest BCUT2D eigenvalue weighted by Gasteiger charge is -2.38. The minimum absolute atomic E-state index is 0.0288. The van der Waals surface area contributed by atoms with Gasteiger partial charge in [0.1, 0.15) is 5.58 Å². The Morgan fingerprint density at radius 3 is 2.60 bits per heavy atom. The molecule has 0 unspecified atom stereocenters. The number of fused-ring (bicyclic) bond motifs is 3. The van der Waals surface area contributed by atoms with Crippen LogP contribution in [-0.2, 0) is 0 Å². The van der Waals surface area contributed by atoms with Crippen LogP contribution in [0.3, 0.4) is 0 Å². The van der Waals surface area contributed by atoms with Crippen LogP contribution in [0.2, 0.25) is 0 Å². The van der Waals surface area contributed by atoms with E-state index in [1.165, 1.54) is 11.3 Å². The summed E-state index contributed by atoms with van der Waals surface area (Å²) in [7, 11) is 0. The second-order valence-electron chi connectivity index (χ2n) is 7.08. The molecule has 4 rings (SSSR count). The van der Waals surface area contributed by atoms with Crippen LogP contribution in [0, 0.1) is 6.92 Å². The molecule has 1 aliphatic rings. The van der Waals surface area contributed by atoms with Gasteiger partial charge in [0, 0.05) is 17.5 Å². The van der Waals surface area contributed by atoms with Crippen molar-refractivity contribution in [3.63, 3.8) is 0 Å². The molecule has 1 saturated heterocycles. The summed E-state index contributed by atoms with van der Waals surface area (Å²) in [6.45, 7) is 6.22. The highest BCUT2D eigenvalue weighted by Crippen LogP contribution is 2.33. The van der Waals surface area contributed by atoms with Gasteiger partial charge in [0.15, 0.2) is 0 Å². The van der Waals surface area contributed by atoms with Gasteiger partial charge < -0.3 is 9.32 Å². The van der Waals surface area contributed by atoms with Gasteiger partial charge in [0.25, 0.3) is 5.91 Å². The molecule has 5 heteroatoms. The van der Waals surface area contributed by atoms with Crippen LogP contribution in [0.15, 0.2) is 33.5 Å². The third-order valence-electron chi connectivity index (χ3n) is 5.17. The minimum atomic E-state index is -0.374. The molecule has 0 spiro atoms. The summed E-state index contributed by atoms with van der Waals surface area (Å²) in [5, 5.41) is 1.40. The molecule has 2 aromatic heterocycles. The molecule has 0 N–H and O–H groups in total. The summed E-state index contributed by atoms with van der Waals surface area (Å²) >= 11 is 1.40. The first-order valence-corrected chi connectivity index (χ1v) is 9.57. The number of carbonyl (C=O) groups is 1. The lowest BCUT2D eigenvalue weighted by molar-refractivity contribution is 0.0516. The van der Waals surface area contributed by atoms with E-state index >= 15 is 0 Å². The molecule has 25 heavy (non-hydrogen) atoms. The van der Waals surface area contributed by atoms with Crippen molar-refractivity contribution in [2.45, 2.75) is 52.1 Å². The first-order chi connectivity index (χ1) is 12.0. The van der Waals surface area contributed by atoms with Crippen molar-refractivity contribution in [3.05, 3.63) is 45.1 Å². The Hall–Kier alpha value is -2.14. The molecule has 3 heterocycles. The van der Waals surface area contributed by atoms with Gasteiger partial charge in [-0.1, -0.05) is 11.6 Å². The topological polar surface area (TPSA) is 50.5 Å². The van der Waals surface area contributed by atoms with Gasteiger partial charge >= 0.3 is 5.63 Å². The summed E-state index contributed by atoms with van der Waals surface area (Å²) in [6.07, 6.45) is 3.22. The highest BCUT2D eigenvalue weighted by Gasteiger charge is 2.31. The zero-order valence-electron chi connectivity index (χ0n) is 14.7. The van der Waals surface area contributed by atoms with Crippen LogP contribution in [0.25, 0.3) is 21.1 Å². The summed E-state index contributed by atoms with van der Waals surface area (Å²) in [4.78, 5) is 28.0. The predicted molar refractivity (Wildman–Crippen MR) is 102 cm³/mol. The van der Waals surface area contributed by atoms with Crippen molar-refractivity contribution in [2.75, 3.05) is 0 Å². The van der Waals surface area contributed by atoms with Crippen molar-refractivity contribution in [1.82, 2.24) is 4.90 Å². The van der Waals surface area contributed by atoms with E-state index < -0.39 is 0 Å². The zero-order valence-corrected chi connectivity index (χ0v) is 15.5. The second kappa shape index (κ2) is 5.99. The fourth-order valence-corrected chi connectivity index (χ4v) is 4.97. The number of aryl methyl sites for hydroxylation is 1. The maximum Gasteiger partial charge on any atom is 0.345 e. The van der Waals surface area contributed by atoms with E-state index in [1.54, 1.807) is 6.07 Å². The van der Waals surface area contributed by atoms with Gasteiger partial charge in [-0.05, 0) is 58.2 Å². The molecule has 4 nitrogen and oxygen atoms in total. The normalized spacial score (nSPS) is 21.2. The molecular formula is C20H21NO3S. The number of piperidine rings is 1. The number of amides is 1. The summed E-state index contributed by atoms with van der Waals surface area (Å²) in [5.74, 6) is 0.0288. The van der Waals surface area contributed by atoms with Crippen molar-refractivity contribution >= 4 is 38.3 Å². The number of hydrogen-bond acceptors (Lipinski definition) is 4. The van der Waals surface area contributed by atoms with Gasteiger partial charge in [-0.2, -0.15) is 0 Å². The number of thiophene rings is 1. The van der Waals surface area contributed by atoms with Gasteiger partial charge in [-0.3, -0.25) is 4.79 Å². The molecule has 0 bridgehead atoms. The number of nitrogens with zero attached hydrogens (tertiary/aromatic N) is 1. The van der Waals surface area contributed by atoms with E-state index in [0.717, 1.165) is 34.9 Å². The first-order valence-electron chi connectivity index (χ1n) is 8.75. The van der Waals surface area contributed by atoms with E-state index in [0.29, 0.717) is 15.8 Å². The van der Waals surface area contributed by atoms with Gasteiger partial charge in [-0.15, -0.1) is 11.3 Å². The Bertz CT molecular complexity index is 1020. The Morgan fingerprint density at radius 1 is 1.16 bits per heavy atom. The minimum Gasteiger partial charge on any atom is -0.422 e. The van der Waals surface area contributed by atoms with E-state index in [-0.39, 0.29) is 23.6 Å². The third kappa shape index (κ3) is 2.67. The van der Waals surface area contributed by atoms with E-state index in [2.05, 4.69) is 13.8 Å². The van der Waals surface area contributed by atoms with E-state index in [9.17, 15) is 9.59 Å². The van der Waals surface area contributed by atoms with E-state index in [1.807, 2.05) is 30.0 Å². The molecule has 1 aromatic carbocycles. The number of hydrogen-bond donors (Lipinski definition) is 0. The summed E-state index contributed by atoms with van der Waals surface area (Å²) < 4.78 is 6.28. The van der Waals surface area contributed by atoms with Gasteiger partial charge in [0.05, 0.1) is 15.0 Å². The maximum absolute atomic E-state index is 13.1. The maximum atomic E-state index is 13.1. The number of rotatable bonds is 1. The van der Waals surface area contributed by atoms with E-state index in [4.69, 9.17) is 4.42 Å². The summed E-state index contributed by atoms with van der Waals surface area (Å²) in [5.41, 5.74) is 1.30. The average molecular weight is 355 g/mol. The Morgan fingerprint density at radius 2 is 1.88 bits per heavy atom. The van der Waals surface area contributed by atoms with Crippen LogP contribution in [0.4, 0.5) is 0 Å². The van der Waals surface area contributed by atoms with Crippen LogP contribution in [-0.4, -0.2) is 22.9 Å². The molecular weight excluding hydrogens is 334 g/mol. The van der Waals surface area contributed by atoms with Crippen molar-refractivity contribution in [1.29, 1.82) is 0 Å². The van der Waals surface area contributed by atoms with Crippen LogP contribution in [0.5, 0.6) is 0 Å². The highest BCUT2D eigenvalue weighted by atomic mass is 32.1. The largest absolute Gasteiger partial charge is 0.422 e. The molecule has 3 aromatic rings. The Balaban J connectivity index is 1.87. The number of benzene rings is 1. The Labute approximate surface area is 150 Å². The zero-order chi connectivity index (χ0) is 17.7. The molecule has 130 valence electrons. The quantitative estimate of drug-likeness (QED) is 0.594.